The molecular weight excluding hydrogens is 320 g/mol. The summed E-state index contributed by atoms with van der Waals surface area (Å²) in [7, 11) is 0. The van der Waals surface area contributed by atoms with Gasteiger partial charge in [0.25, 0.3) is 0 Å². The van der Waals surface area contributed by atoms with E-state index in [1.54, 1.807) is 6.07 Å². The van der Waals surface area contributed by atoms with E-state index in [-0.39, 0.29) is 12.8 Å². The van der Waals surface area contributed by atoms with E-state index in [1.165, 1.54) is 0 Å². The molecule has 4 rings (SSSR count). The van der Waals surface area contributed by atoms with Gasteiger partial charge in [0.05, 0.1) is 11.6 Å². The molecule has 1 aromatic rings. The van der Waals surface area contributed by atoms with Crippen LogP contribution in [0.2, 0.25) is 0 Å². The summed E-state index contributed by atoms with van der Waals surface area (Å²) in [5, 5.41) is 9.06. The fourth-order valence-electron chi connectivity index (χ4n) is 4.15. The molecule has 1 atom stereocenters. The summed E-state index contributed by atoms with van der Waals surface area (Å²) < 4.78 is 27.1. The Labute approximate surface area is 145 Å². The van der Waals surface area contributed by atoms with Crippen molar-refractivity contribution in [2.24, 2.45) is 5.41 Å². The first-order valence-corrected chi connectivity index (χ1v) is 8.44. The first-order valence-electron chi connectivity index (χ1n) is 8.44. The van der Waals surface area contributed by atoms with Crippen LogP contribution < -0.4 is 0 Å². The monoisotopic (exact) mass is 337 g/mol. The highest BCUT2D eigenvalue weighted by Crippen LogP contribution is 2.53. The van der Waals surface area contributed by atoms with Crippen molar-refractivity contribution in [2.45, 2.75) is 38.0 Å². The number of Topliss-reactive ketones (excluding diaryl/α,β-unsaturated/α-hetero) is 1. The molecule has 1 spiro atoms. The van der Waals surface area contributed by atoms with Gasteiger partial charge in [0.1, 0.15) is 0 Å². The molecule has 0 aliphatic heterocycles. The molecule has 1 fully saturated rings. The van der Waals surface area contributed by atoms with Gasteiger partial charge >= 0.3 is 5.92 Å². The average Bonchev–Trinajstić information content (AvgIpc) is 2.96. The predicted molar refractivity (Wildman–Crippen MR) is 90.8 cm³/mol. The third-order valence-electron chi connectivity index (χ3n) is 5.52. The number of halogens is 2. The topological polar surface area (TPSA) is 40.9 Å². The van der Waals surface area contributed by atoms with Crippen LogP contribution in [0.5, 0.6) is 0 Å². The molecule has 1 saturated carbocycles. The van der Waals surface area contributed by atoms with Crippen LogP contribution in [-0.4, -0.2) is 11.7 Å². The fraction of sp³-hybridized carbons (Fsp3) is 0.333. The standard InChI is InChI=1S/C21H17F2NO/c22-21(23)7-6-20(12-19(21)25)10-17-5-4-16(9-18(17)11-20)15-3-1-2-14(8-15)13-24/h1-5,8,11H,6-7,9-10,12H2. The van der Waals surface area contributed by atoms with Crippen molar-refractivity contribution in [1.82, 2.24) is 0 Å². The van der Waals surface area contributed by atoms with Crippen molar-refractivity contribution in [1.29, 1.82) is 5.26 Å². The highest BCUT2D eigenvalue weighted by Gasteiger charge is 2.51. The molecule has 3 aliphatic rings. The first-order chi connectivity index (χ1) is 11.9. The van der Waals surface area contributed by atoms with Gasteiger partial charge in [-0.05, 0) is 53.7 Å². The van der Waals surface area contributed by atoms with Crippen molar-refractivity contribution in [3.8, 4) is 6.07 Å². The Balaban J connectivity index is 1.60. The van der Waals surface area contributed by atoms with Crippen LogP contribution in [0.4, 0.5) is 8.78 Å². The Hall–Kier alpha value is -2.54. The normalized spacial score (nSPS) is 27.2. The van der Waals surface area contributed by atoms with Gasteiger partial charge in [-0.25, -0.2) is 0 Å². The van der Waals surface area contributed by atoms with Crippen molar-refractivity contribution in [2.75, 3.05) is 0 Å². The summed E-state index contributed by atoms with van der Waals surface area (Å²) in [5.74, 6) is -4.09. The van der Waals surface area contributed by atoms with Crippen LogP contribution in [-0.2, 0) is 4.79 Å². The molecule has 0 bridgehead atoms. The second kappa shape index (κ2) is 5.49. The Kier molecular flexibility index (Phi) is 3.50. The number of nitriles is 1. The van der Waals surface area contributed by atoms with E-state index < -0.39 is 17.1 Å². The minimum absolute atomic E-state index is 0.0694. The lowest BCUT2D eigenvalue weighted by Gasteiger charge is -2.34. The average molecular weight is 337 g/mol. The van der Waals surface area contributed by atoms with E-state index in [2.05, 4.69) is 12.1 Å². The second-order valence-corrected chi connectivity index (χ2v) is 7.27. The Bertz CT molecular complexity index is 901. The molecule has 0 N–H and O–H groups in total. The molecule has 3 aliphatic carbocycles. The van der Waals surface area contributed by atoms with Crippen molar-refractivity contribution >= 4 is 11.4 Å². The van der Waals surface area contributed by atoms with E-state index in [9.17, 15) is 13.6 Å². The van der Waals surface area contributed by atoms with E-state index >= 15 is 0 Å². The summed E-state index contributed by atoms with van der Waals surface area (Å²) in [4.78, 5) is 11.8. The number of ketones is 1. The number of benzene rings is 1. The number of alkyl halides is 2. The molecule has 0 aromatic heterocycles. The van der Waals surface area contributed by atoms with E-state index in [4.69, 9.17) is 5.26 Å². The first kappa shape index (κ1) is 16.0. The lowest BCUT2D eigenvalue weighted by Crippen LogP contribution is -2.40. The van der Waals surface area contributed by atoms with Crippen LogP contribution in [0, 0.1) is 16.7 Å². The van der Waals surface area contributed by atoms with Crippen molar-refractivity contribution in [3.63, 3.8) is 0 Å². The van der Waals surface area contributed by atoms with Gasteiger partial charge in [0.2, 0.25) is 5.78 Å². The van der Waals surface area contributed by atoms with Gasteiger partial charge in [0.15, 0.2) is 0 Å². The van der Waals surface area contributed by atoms with Gasteiger partial charge < -0.3 is 0 Å². The highest BCUT2D eigenvalue weighted by atomic mass is 19.3. The maximum atomic E-state index is 13.5. The number of hydrogen-bond acceptors (Lipinski definition) is 2. The molecule has 0 saturated heterocycles. The van der Waals surface area contributed by atoms with Crippen LogP contribution in [0.3, 0.4) is 0 Å². The van der Waals surface area contributed by atoms with Crippen LogP contribution in [0.1, 0.15) is 43.2 Å². The lowest BCUT2D eigenvalue weighted by atomic mass is 9.71. The largest absolute Gasteiger partial charge is 0.305 e. The number of carbonyl (C=O) groups is 1. The zero-order valence-electron chi connectivity index (χ0n) is 13.7. The summed E-state index contributed by atoms with van der Waals surface area (Å²) in [6.45, 7) is 0. The maximum Gasteiger partial charge on any atom is 0.305 e. The molecule has 4 heteroatoms. The van der Waals surface area contributed by atoms with E-state index in [1.807, 2.05) is 30.4 Å². The molecule has 25 heavy (non-hydrogen) atoms. The van der Waals surface area contributed by atoms with Crippen LogP contribution in [0.15, 0.2) is 53.6 Å². The summed E-state index contributed by atoms with van der Waals surface area (Å²) in [6.07, 6.45) is 7.46. The third-order valence-corrected chi connectivity index (χ3v) is 5.52. The number of carbonyl (C=O) groups excluding carboxylic acids is 1. The minimum atomic E-state index is -3.16. The Morgan fingerprint density at radius 2 is 1.84 bits per heavy atom. The molecule has 0 radical (unpaired) electrons. The van der Waals surface area contributed by atoms with Crippen molar-refractivity contribution in [3.05, 3.63) is 64.8 Å². The third kappa shape index (κ3) is 2.74. The summed E-state index contributed by atoms with van der Waals surface area (Å²) in [6, 6.07) is 9.61. The van der Waals surface area contributed by atoms with Crippen LogP contribution >= 0.6 is 0 Å². The van der Waals surface area contributed by atoms with Crippen LogP contribution in [0.25, 0.3) is 5.57 Å². The maximum absolute atomic E-state index is 13.5. The zero-order valence-corrected chi connectivity index (χ0v) is 13.7. The molecule has 1 aromatic carbocycles. The van der Waals surface area contributed by atoms with Crippen molar-refractivity contribution < 1.29 is 13.6 Å². The molecule has 0 amide bonds. The van der Waals surface area contributed by atoms with Gasteiger partial charge in [-0.15, -0.1) is 0 Å². The SMILES string of the molecule is N#Cc1cccc(C2=CC=C3CC4(C=C3C2)CCC(F)(F)C(=O)C4)c1. The fourth-order valence-corrected chi connectivity index (χ4v) is 4.15. The Morgan fingerprint density at radius 3 is 2.60 bits per heavy atom. The summed E-state index contributed by atoms with van der Waals surface area (Å²) in [5.41, 5.74) is 4.58. The molecule has 0 heterocycles. The second-order valence-electron chi connectivity index (χ2n) is 7.27. The van der Waals surface area contributed by atoms with E-state index in [0.717, 1.165) is 22.3 Å². The minimum Gasteiger partial charge on any atom is -0.293 e. The molecule has 2 nitrogen and oxygen atoms in total. The van der Waals surface area contributed by atoms with Gasteiger partial charge in [-0.2, -0.15) is 14.0 Å². The smallest absolute Gasteiger partial charge is 0.293 e. The number of nitrogens with zero attached hydrogens (tertiary/aromatic N) is 1. The molecule has 126 valence electrons. The van der Waals surface area contributed by atoms with E-state index in [0.29, 0.717) is 24.8 Å². The zero-order chi connectivity index (χ0) is 17.7. The highest BCUT2D eigenvalue weighted by molar-refractivity contribution is 5.87. The van der Waals surface area contributed by atoms with Gasteiger partial charge in [-0.3, -0.25) is 4.79 Å². The summed E-state index contributed by atoms with van der Waals surface area (Å²) >= 11 is 0. The molecular formula is C21H17F2NO. The van der Waals surface area contributed by atoms with Gasteiger partial charge in [-0.1, -0.05) is 30.4 Å². The lowest BCUT2D eigenvalue weighted by molar-refractivity contribution is -0.151. The Morgan fingerprint density at radius 1 is 1.04 bits per heavy atom. The van der Waals surface area contributed by atoms with Gasteiger partial charge in [0, 0.05) is 18.3 Å². The number of allylic oxidation sites excluding steroid dienone is 6. The molecule has 1 unspecified atom stereocenters. The number of hydrogen-bond donors (Lipinski definition) is 0. The quantitative estimate of drug-likeness (QED) is 0.725. The predicted octanol–water partition coefficient (Wildman–Crippen LogP) is 4.98. The number of rotatable bonds is 1. The number of fused-ring (bicyclic) bond motifs is 1.